The van der Waals surface area contributed by atoms with E-state index in [1.807, 2.05) is 14.0 Å². The van der Waals surface area contributed by atoms with E-state index in [0.29, 0.717) is 17.3 Å². The first-order valence-electron chi connectivity index (χ1n) is 6.89. The van der Waals surface area contributed by atoms with Crippen molar-refractivity contribution < 1.29 is 4.79 Å². The van der Waals surface area contributed by atoms with Crippen molar-refractivity contribution in [1.29, 1.82) is 0 Å². The molecule has 0 aliphatic carbocycles. The van der Waals surface area contributed by atoms with Gasteiger partial charge in [0.15, 0.2) is 0 Å². The van der Waals surface area contributed by atoms with E-state index in [9.17, 15) is 4.79 Å². The van der Waals surface area contributed by atoms with Gasteiger partial charge in [-0.1, -0.05) is 0 Å². The number of nitrogen functional groups attached to an aromatic ring is 1. The van der Waals surface area contributed by atoms with Crippen LogP contribution < -0.4 is 11.3 Å². The highest BCUT2D eigenvalue weighted by molar-refractivity contribution is 5.94. The van der Waals surface area contributed by atoms with Gasteiger partial charge in [-0.2, -0.15) is 0 Å². The first-order valence-corrected chi connectivity index (χ1v) is 6.89. The van der Waals surface area contributed by atoms with Gasteiger partial charge < -0.3 is 15.2 Å². The van der Waals surface area contributed by atoms with E-state index >= 15 is 0 Å². The van der Waals surface area contributed by atoms with Crippen LogP contribution in [0.15, 0.2) is 12.1 Å². The van der Waals surface area contributed by atoms with E-state index in [2.05, 4.69) is 22.4 Å². The Morgan fingerprint density at radius 1 is 1.60 bits per heavy atom. The topological polar surface area (TPSA) is 74.5 Å². The first-order chi connectivity index (χ1) is 9.49. The van der Waals surface area contributed by atoms with Crippen LogP contribution in [0.2, 0.25) is 0 Å². The van der Waals surface area contributed by atoms with E-state index in [4.69, 9.17) is 5.84 Å². The summed E-state index contributed by atoms with van der Waals surface area (Å²) in [5.41, 5.74) is 3.89. The fourth-order valence-corrected chi connectivity index (χ4v) is 2.73. The average molecular weight is 277 g/mol. The number of hydrazine groups is 1. The predicted molar refractivity (Wildman–Crippen MR) is 79.3 cm³/mol. The van der Waals surface area contributed by atoms with Gasteiger partial charge in [0, 0.05) is 31.4 Å². The molecule has 1 atom stereocenters. The van der Waals surface area contributed by atoms with Crippen LogP contribution in [0.4, 0.5) is 5.82 Å². The Kier molecular flexibility index (Phi) is 4.57. The van der Waals surface area contributed by atoms with Crippen LogP contribution in [0.1, 0.15) is 22.5 Å². The smallest absolute Gasteiger partial charge is 0.253 e. The number of nitrogens with one attached hydrogen (secondary N) is 1. The zero-order valence-electron chi connectivity index (χ0n) is 12.4. The fraction of sp³-hybridized carbons (Fsp3) is 0.571. The third-order valence-corrected chi connectivity index (χ3v) is 3.72. The maximum atomic E-state index is 12.5. The first kappa shape index (κ1) is 14.7. The molecule has 2 rings (SSSR count). The van der Waals surface area contributed by atoms with Crippen molar-refractivity contribution in [3.05, 3.63) is 23.4 Å². The fourth-order valence-electron chi connectivity index (χ4n) is 2.73. The second-order valence-electron chi connectivity index (χ2n) is 5.63. The molecular formula is C14H23N5O. The number of hydrogen-bond acceptors (Lipinski definition) is 5. The molecule has 110 valence electrons. The normalized spacial score (nSPS) is 19.1. The summed E-state index contributed by atoms with van der Waals surface area (Å²) in [6.07, 6.45) is 1.15. The summed E-state index contributed by atoms with van der Waals surface area (Å²) in [7, 11) is 3.97. The second-order valence-corrected chi connectivity index (χ2v) is 5.63. The standard InChI is InChI=1S/C14H23N5O/c1-10-6-12(7-13(16-10)17-15)14(20)19(3)9-11-4-5-18(2)8-11/h6-7,11H,4-5,8-9,15H2,1-3H3,(H,16,17). The number of carbonyl (C=O) groups excluding carboxylic acids is 1. The van der Waals surface area contributed by atoms with Gasteiger partial charge in [-0.15, -0.1) is 0 Å². The van der Waals surface area contributed by atoms with Gasteiger partial charge in [0.25, 0.3) is 5.91 Å². The van der Waals surface area contributed by atoms with E-state index in [1.165, 1.54) is 0 Å². The number of nitrogens with zero attached hydrogens (tertiary/aromatic N) is 3. The minimum atomic E-state index is 0.0153. The highest BCUT2D eigenvalue weighted by Crippen LogP contribution is 2.17. The maximum Gasteiger partial charge on any atom is 0.253 e. The molecular weight excluding hydrogens is 254 g/mol. The lowest BCUT2D eigenvalue weighted by atomic mass is 10.1. The number of carbonyl (C=O) groups is 1. The monoisotopic (exact) mass is 277 g/mol. The Morgan fingerprint density at radius 2 is 2.35 bits per heavy atom. The number of pyridine rings is 1. The highest BCUT2D eigenvalue weighted by atomic mass is 16.2. The van der Waals surface area contributed by atoms with Crippen molar-refractivity contribution in [1.82, 2.24) is 14.8 Å². The molecule has 0 radical (unpaired) electrons. The SMILES string of the molecule is Cc1cc(C(=O)N(C)CC2CCN(C)C2)cc(NN)n1. The second kappa shape index (κ2) is 6.19. The predicted octanol–water partition coefficient (Wildman–Crippen LogP) is 0.699. The summed E-state index contributed by atoms with van der Waals surface area (Å²) >= 11 is 0. The number of nitrogens with two attached hydrogens (primary N) is 1. The molecule has 1 unspecified atom stereocenters. The molecule has 1 fully saturated rings. The zero-order chi connectivity index (χ0) is 14.7. The lowest BCUT2D eigenvalue weighted by Gasteiger charge is -2.21. The van der Waals surface area contributed by atoms with Crippen LogP contribution in [0, 0.1) is 12.8 Å². The van der Waals surface area contributed by atoms with Crippen LogP contribution in [0.25, 0.3) is 0 Å². The molecule has 0 saturated carbocycles. The molecule has 2 heterocycles. The summed E-state index contributed by atoms with van der Waals surface area (Å²) < 4.78 is 0. The maximum absolute atomic E-state index is 12.5. The number of aromatic nitrogens is 1. The number of anilines is 1. The van der Waals surface area contributed by atoms with Gasteiger partial charge in [-0.25, -0.2) is 10.8 Å². The Balaban J connectivity index is 2.04. The van der Waals surface area contributed by atoms with Crippen molar-refractivity contribution in [2.45, 2.75) is 13.3 Å². The van der Waals surface area contributed by atoms with E-state index < -0.39 is 0 Å². The third-order valence-electron chi connectivity index (χ3n) is 3.72. The van der Waals surface area contributed by atoms with Crippen molar-refractivity contribution in [3.63, 3.8) is 0 Å². The Hall–Kier alpha value is -1.66. The Labute approximate surface area is 119 Å². The zero-order valence-corrected chi connectivity index (χ0v) is 12.4. The molecule has 3 N–H and O–H groups in total. The summed E-state index contributed by atoms with van der Waals surface area (Å²) in [6, 6.07) is 3.48. The molecule has 1 saturated heterocycles. The van der Waals surface area contributed by atoms with Crippen molar-refractivity contribution >= 4 is 11.7 Å². The summed E-state index contributed by atoms with van der Waals surface area (Å²) in [4.78, 5) is 20.7. The largest absolute Gasteiger partial charge is 0.341 e. The van der Waals surface area contributed by atoms with E-state index in [0.717, 1.165) is 31.7 Å². The number of amides is 1. The van der Waals surface area contributed by atoms with Gasteiger partial charge in [-0.3, -0.25) is 4.79 Å². The van der Waals surface area contributed by atoms with Crippen molar-refractivity contribution in [2.75, 3.05) is 39.2 Å². The molecule has 0 bridgehead atoms. The molecule has 1 aromatic heterocycles. The van der Waals surface area contributed by atoms with Gasteiger partial charge in [0.05, 0.1) is 0 Å². The number of hydrogen-bond donors (Lipinski definition) is 2. The van der Waals surface area contributed by atoms with Crippen LogP contribution >= 0.6 is 0 Å². The van der Waals surface area contributed by atoms with Gasteiger partial charge in [0.1, 0.15) is 5.82 Å². The Bertz CT molecular complexity index is 490. The molecule has 1 aromatic rings. The van der Waals surface area contributed by atoms with Gasteiger partial charge in [0.2, 0.25) is 0 Å². The molecule has 6 heteroatoms. The van der Waals surface area contributed by atoms with Crippen molar-refractivity contribution in [2.24, 2.45) is 11.8 Å². The molecule has 0 aromatic carbocycles. The quantitative estimate of drug-likeness (QED) is 0.626. The lowest BCUT2D eigenvalue weighted by molar-refractivity contribution is 0.0774. The molecule has 1 aliphatic heterocycles. The number of likely N-dealkylation sites (tertiary alicyclic amines) is 1. The number of aryl methyl sites for hydroxylation is 1. The van der Waals surface area contributed by atoms with Gasteiger partial charge >= 0.3 is 0 Å². The van der Waals surface area contributed by atoms with E-state index in [1.54, 1.807) is 17.0 Å². The van der Waals surface area contributed by atoms with Crippen LogP contribution in [-0.4, -0.2) is 54.4 Å². The molecule has 0 spiro atoms. The highest BCUT2D eigenvalue weighted by Gasteiger charge is 2.23. The van der Waals surface area contributed by atoms with Crippen molar-refractivity contribution in [3.8, 4) is 0 Å². The summed E-state index contributed by atoms with van der Waals surface area (Å²) in [6.45, 7) is 4.81. The number of rotatable bonds is 4. The molecule has 1 aliphatic rings. The van der Waals surface area contributed by atoms with Crippen LogP contribution in [-0.2, 0) is 0 Å². The average Bonchev–Trinajstić information content (AvgIpc) is 2.82. The molecule has 20 heavy (non-hydrogen) atoms. The van der Waals surface area contributed by atoms with Crippen LogP contribution in [0.3, 0.4) is 0 Å². The van der Waals surface area contributed by atoms with Crippen LogP contribution in [0.5, 0.6) is 0 Å². The molecule has 1 amide bonds. The minimum Gasteiger partial charge on any atom is -0.341 e. The third kappa shape index (κ3) is 3.46. The summed E-state index contributed by atoms with van der Waals surface area (Å²) in [5.74, 6) is 6.46. The molecule has 6 nitrogen and oxygen atoms in total. The Morgan fingerprint density at radius 3 is 2.95 bits per heavy atom. The van der Waals surface area contributed by atoms with E-state index in [-0.39, 0.29) is 5.91 Å². The minimum absolute atomic E-state index is 0.0153. The summed E-state index contributed by atoms with van der Waals surface area (Å²) in [5, 5.41) is 0. The van der Waals surface area contributed by atoms with Gasteiger partial charge in [-0.05, 0) is 45.0 Å². The lowest BCUT2D eigenvalue weighted by Crippen LogP contribution is -2.33.